The van der Waals surface area contributed by atoms with E-state index in [0.717, 1.165) is 9.75 Å². The van der Waals surface area contributed by atoms with E-state index in [-0.39, 0.29) is 5.41 Å². The first-order valence-electron chi connectivity index (χ1n) is 4.20. The summed E-state index contributed by atoms with van der Waals surface area (Å²) < 4.78 is 0. The Morgan fingerprint density at radius 1 is 1.38 bits per heavy atom. The van der Waals surface area contributed by atoms with Gasteiger partial charge < -0.3 is 0 Å². The molecule has 68 valence electrons. The van der Waals surface area contributed by atoms with Crippen molar-refractivity contribution in [3.05, 3.63) is 28.0 Å². The van der Waals surface area contributed by atoms with Crippen LogP contribution in [0.3, 0.4) is 0 Å². The third-order valence-electron chi connectivity index (χ3n) is 1.48. The molecule has 0 unspecified atom stereocenters. The fourth-order valence-corrected chi connectivity index (χ4v) is 1.54. The van der Waals surface area contributed by atoms with Gasteiger partial charge in [-0.1, -0.05) is 26.8 Å². The Hall–Kier alpha value is -1.07. The van der Waals surface area contributed by atoms with Gasteiger partial charge in [0, 0.05) is 4.88 Å². The topological polar surface area (TPSA) is 23.8 Å². The standard InChI is InChI=1S/C11H13NS/c1-11(2,3)7-6-9-4-5-10(8-12)13-9/h4-7H,1-3H3/b7-6+. The van der Waals surface area contributed by atoms with Gasteiger partial charge in [-0.2, -0.15) is 5.26 Å². The van der Waals surface area contributed by atoms with Crippen molar-refractivity contribution >= 4 is 17.4 Å². The molecule has 0 aliphatic carbocycles. The number of nitriles is 1. The molecule has 0 radical (unpaired) electrons. The van der Waals surface area contributed by atoms with Gasteiger partial charge in [-0.15, -0.1) is 11.3 Å². The second-order valence-corrected chi connectivity index (χ2v) is 5.13. The highest BCUT2D eigenvalue weighted by Crippen LogP contribution is 2.21. The first kappa shape index (κ1) is 10.0. The Kier molecular flexibility index (Phi) is 2.90. The normalized spacial score (nSPS) is 11.8. The monoisotopic (exact) mass is 191 g/mol. The molecule has 0 saturated heterocycles. The van der Waals surface area contributed by atoms with Crippen molar-refractivity contribution < 1.29 is 0 Å². The molecular weight excluding hydrogens is 178 g/mol. The van der Waals surface area contributed by atoms with E-state index in [1.807, 2.05) is 12.1 Å². The van der Waals surface area contributed by atoms with Crippen LogP contribution < -0.4 is 0 Å². The summed E-state index contributed by atoms with van der Waals surface area (Å²) in [5.41, 5.74) is 0.205. The number of thiophene rings is 1. The summed E-state index contributed by atoms with van der Waals surface area (Å²) in [7, 11) is 0. The van der Waals surface area contributed by atoms with E-state index in [9.17, 15) is 0 Å². The van der Waals surface area contributed by atoms with Crippen LogP contribution in [0.1, 0.15) is 30.5 Å². The maximum atomic E-state index is 8.62. The van der Waals surface area contributed by atoms with Gasteiger partial charge in [0.05, 0.1) is 0 Å². The quantitative estimate of drug-likeness (QED) is 0.664. The molecule has 1 rings (SSSR count). The summed E-state index contributed by atoms with van der Waals surface area (Å²) in [6.07, 6.45) is 4.23. The zero-order valence-electron chi connectivity index (χ0n) is 8.16. The Morgan fingerprint density at radius 3 is 2.54 bits per heavy atom. The van der Waals surface area contributed by atoms with Crippen LogP contribution >= 0.6 is 11.3 Å². The van der Waals surface area contributed by atoms with Gasteiger partial charge in [-0.25, -0.2) is 0 Å². The smallest absolute Gasteiger partial charge is 0.110 e. The molecule has 13 heavy (non-hydrogen) atoms. The van der Waals surface area contributed by atoms with Crippen molar-refractivity contribution in [2.24, 2.45) is 5.41 Å². The van der Waals surface area contributed by atoms with E-state index in [1.54, 1.807) is 0 Å². The number of hydrogen-bond acceptors (Lipinski definition) is 2. The van der Waals surface area contributed by atoms with E-state index < -0.39 is 0 Å². The largest absolute Gasteiger partial charge is 0.192 e. The lowest BCUT2D eigenvalue weighted by molar-refractivity contribution is 0.547. The molecule has 0 atom stereocenters. The minimum Gasteiger partial charge on any atom is -0.192 e. The minimum atomic E-state index is 0.205. The van der Waals surface area contributed by atoms with Crippen molar-refractivity contribution in [3.8, 4) is 6.07 Å². The second kappa shape index (κ2) is 3.76. The molecule has 0 N–H and O–H groups in total. The molecular formula is C11H13NS. The molecule has 0 spiro atoms. The second-order valence-electron chi connectivity index (χ2n) is 4.01. The number of allylic oxidation sites excluding steroid dienone is 1. The fourth-order valence-electron chi connectivity index (χ4n) is 0.835. The Bertz CT molecular complexity index is 347. The third kappa shape index (κ3) is 3.43. The first-order valence-corrected chi connectivity index (χ1v) is 5.02. The van der Waals surface area contributed by atoms with Crippen molar-refractivity contribution in [1.82, 2.24) is 0 Å². The van der Waals surface area contributed by atoms with Crippen LogP contribution in [0.15, 0.2) is 18.2 Å². The number of nitrogens with zero attached hydrogens (tertiary/aromatic N) is 1. The lowest BCUT2D eigenvalue weighted by Crippen LogP contribution is -1.97. The summed E-state index contributed by atoms with van der Waals surface area (Å²) >= 11 is 1.53. The van der Waals surface area contributed by atoms with E-state index >= 15 is 0 Å². The van der Waals surface area contributed by atoms with E-state index in [2.05, 4.69) is 39.0 Å². The molecule has 0 bridgehead atoms. The minimum absolute atomic E-state index is 0.205. The van der Waals surface area contributed by atoms with Gasteiger partial charge in [0.25, 0.3) is 0 Å². The fraction of sp³-hybridized carbons (Fsp3) is 0.364. The molecule has 1 heterocycles. The van der Waals surface area contributed by atoms with Crippen LogP contribution in [0.4, 0.5) is 0 Å². The van der Waals surface area contributed by atoms with E-state index in [0.29, 0.717) is 0 Å². The van der Waals surface area contributed by atoms with Crippen molar-refractivity contribution in [1.29, 1.82) is 5.26 Å². The maximum absolute atomic E-state index is 8.62. The van der Waals surface area contributed by atoms with Crippen LogP contribution in [0, 0.1) is 16.7 Å². The summed E-state index contributed by atoms with van der Waals surface area (Å²) in [5.74, 6) is 0. The van der Waals surface area contributed by atoms with Crippen molar-refractivity contribution in [2.45, 2.75) is 20.8 Å². The molecule has 1 nitrogen and oxygen atoms in total. The molecule has 0 aliphatic heterocycles. The average Bonchev–Trinajstić information content (AvgIpc) is 2.47. The van der Waals surface area contributed by atoms with Crippen molar-refractivity contribution in [2.75, 3.05) is 0 Å². The molecule has 1 aromatic rings. The zero-order valence-corrected chi connectivity index (χ0v) is 8.98. The number of hydrogen-bond donors (Lipinski definition) is 0. The summed E-state index contributed by atoms with van der Waals surface area (Å²) in [5, 5.41) is 8.62. The molecule has 0 amide bonds. The predicted octanol–water partition coefficient (Wildman–Crippen LogP) is 3.68. The van der Waals surface area contributed by atoms with Gasteiger partial charge in [0.1, 0.15) is 10.9 Å². The number of rotatable bonds is 1. The van der Waals surface area contributed by atoms with Gasteiger partial charge in [-0.3, -0.25) is 0 Å². The Morgan fingerprint density at radius 2 is 2.08 bits per heavy atom. The molecule has 2 heteroatoms. The van der Waals surface area contributed by atoms with Gasteiger partial charge in [0.2, 0.25) is 0 Å². The van der Waals surface area contributed by atoms with Gasteiger partial charge in [0.15, 0.2) is 0 Å². The summed E-state index contributed by atoms with van der Waals surface area (Å²) in [4.78, 5) is 1.92. The Balaban J connectivity index is 2.76. The highest BCUT2D eigenvalue weighted by Gasteiger charge is 2.04. The SMILES string of the molecule is CC(C)(C)/C=C/c1ccc(C#N)s1. The van der Waals surface area contributed by atoms with Crippen LogP contribution in [0.2, 0.25) is 0 Å². The average molecular weight is 191 g/mol. The molecule has 1 aromatic heterocycles. The van der Waals surface area contributed by atoms with Gasteiger partial charge in [-0.05, 0) is 23.6 Å². The highest BCUT2D eigenvalue weighted by atomic mass is 32.1. The van der Waals surface area contributed by atoms with E-state index in [4.69, 9.17) is 5.26 Å². The lowest BCUT2D eigenvalue weighted by Gasteiger charge is -2.10. The molecule has 0 aromatic carbocycles. The molecule has 0 fully saturated rings. The predicted molar refractivity (Wildman–Crippen MR) is 57.5 cm³/mol. The Labute approximate surface area is 83.3 Å². The highest BCUT2D eigenvalue weighted by molar-refractivity contribution is 7.13. The van der Waals surface area contributed by atoms with Crippen molar-refractivity contribution in [3.63, 3.8) is 0 Å². The summed E-state index contributed by atoms with van der Waals surface area (Å²) in [6.45, 7) is 6.47. The molecule has 0 aliphatic rings. The van der Waals surface area contributed by atoms with Crippen LogP contribution in [0.25, 0.3) is 6.08 Å². The lowest BCUT2D eigenvalue weighted by atomic mass is 9.96. The first-order chi connectivity index (χ1) is 6.01. The maximum Gasteiger partial charge on any atom is 0.110 e. The molecule has 0 saturated carbocycles. The van der Waals surface area contributed by atoms with Crippen LogP contribution in [-0.2, 0) is 0 Å². The van der Waals surface area contributed by atoms with Crippen LogP contribution in [-0.4, -0.2) is 0 Å². The van der Waals surface area contributed by atoms with E-state index in [1.165, 1.54) is 11.3 Å². The van der Waals surface area contributed by atoms with Crippen LogP contribution in [0.5, 0.6) is 0 Å². The zero-order chi connectivity index (χ0) is 9.90. The third-order valence-corrected chi connectivity index (χ3v) is 2.44. The summed E-state index contributed by atoms with van der Waals surface area (Å²) in [6, 6.07) is 5.96. The van der Waals surface area contributed by atoms with Gasteiger partial charge >= 0.3 is 0 Å².